The Morgan fingerprint density at radius 1 is 1.15 bits per heavy atom. The average Bonchev–Trinajstić information content (AvgIpc) is 3.16. The van der Waals surface area contributed by atoms with Gasteiger partial charge in [0, 0.05) is 11.6 Å². The van der Waals surface area contributed by atoms with E-state index in [1.54, 1.807) is 0 Å². The molecule has 2 aliphatic rings. The number of amides is 1. The summed E-state index contributed by atoms with van der Waals surface area (Å²) in [6.45, 7) is 3.83. The molecule has 2 aromatic carbocycles. The second-order valence-corrected chi connectivity index (χ2v) is 7.24. The molecule has 2 aliphatic heterocycles. The summed E-state index contributed by atoms with van der Waals surface area (Å²) in [6.07, 6.45) is 1.94. The molecule has 1 saturated heterocycles. The molecule has 0 spiro atoms. The number of carbonyl (C=O) groups is 1. The van der Waals surface area contributed by atoms with E-state index in [9.17, 15) is 4.79 Å². The minimum Gasteiger partial charge on any atom is -0.486 e. The largest absolute Gasteiger partial charge is 0.486 e. The summed E-state index contributed by atoms with van der Waals surface area (Å²) in [5.74, 6) is 1.35. The molecule has 2 atom stereocenters. The van der Waals surface area contributed by atoms with Gasteiger partial charge in [-0.3, -0.25) is 4.79 Å². The van der Waals surface area contributed by atoms with Gasteiger partial charge in [0.25, 0.3) is 0 Å². The van der Waals surface area contributed by atoms with Gasteiger partial charge in [0.05, 0.1) is 12.0 Å². The first kappa shape index (κ1) is 17.2. The van der Waals surface area contributed by atoms with Gasteiger partial charge in [0.15, 0.2) is 11.5 Å². The van der Waals surface area contributed by atoms with Crippen LogP contribution in [-0.4, -0.2) is 30.6 Å². The molecule has 4 nitrogen and oxygen atoms in total. The highest BCUT2D eigenvalue weighted by molar-refractivity contribution is 6.31. The molecule has 136 valence electrons. The van der Waals surface area contributed by atoms with Crippen molar-refractivity contribution in [1.82, 2.24) is 4.90 Å². The Kier molecular flexibility index (Phi) is 4.77. The van der Waals surface area contributed by atoms with Gasteiger partial charge in [-0.05, 0) is 49.1 Å². The van der Waals surface area contributed by atoms with Crippen LogP contribution < -0.4 is 9.47 Å². The zero-order chi connectivity index (χ0) is 18.1. The van der Waals surface area contributed by atoms with E-state index in [4.69, 9.17) is 21.1 Å². The van der Waals surface area contributed by atoms with E-state index in [0.717, 1.165) is 47.0 Å². The number of hydrogen-bond acceptors (Lipinski definition) is 3. The van der Waals surface area contributed by atoms with Crippen molar-refractivity contribution < 1.29 is 14.3 Å². The van der Waals surface area contributed by atoms with Crippen LogP contribution in [0, 0.1) is 0 Å². The Labute approximate surface area is 158 Å². The van der Waals surface area contributed by atoms with Crippen molar-refractivity contribution in [3.8, 4) is 11.5 Å². The Balaban J connectivity index is 1.57. The minimum atomic E-state index is -0.242. The maximum Gasteiger partial charge on any atom is 0.230 e. The maximum atomic E-state index is 13.2. The summed E-state index contributed by atoms with van der Waals surface area (Å²) in [5, 5.41) is 0.726. The first-order chi connectivity index (χ1) is 12.6. The predicted molar refractivity (Wildman–Crippen MR) is 101 cm³/mol. The van der Waals surface area contributed by atoms with Crippen molar-refractivity contribution in [2.24, 2.45) is 0 Å². The van der Waals surface area contributed by atoms with Gasteiger partial charge in [0.2, 0.25) is 5.91 Å². The van der Waals surface area contributed by atoms with E-state index in [0.29, 0.717) is 13.2 Å². The summed E-state index contributed by atoms with van der Waals surface area (Å²) < 4.78 is 11.2. The second kappa shape index (κ2) is 7.20. The molecule has 2 aromatic rings. The highest BCUT2D eigenvalue weighted by atomic mass is 35.5. The van der Waals surface area contributed by atoms with Crippen LogP contribution in [0.3, 0.4) is 0 Å². The summed E-state index contributed by atoms with van der Waals surface area (Å²) >= 11 is 6.38. The molecule has 0 saturated carbocycles. The lowest BCUT2D eigenvalue weighted by atomic mass is 9.97. The number of carbonyl (C=O) groups excluding carboxylic acids is 1. The molecule has 4 rings (SSSR count). The van der Waals surface area contributed by atoms with Gasteiger partial charge < -0.3 is 14.4 Å². The Morgan fingerprint density at radius 3 is 2.73 bits per heavy atom. The quantitative estimate of drug-likeness (QED) is 0.792. The molecule has 2 heterocycles. The smallest absolute Gasteiger partial charge is 0.230 e. The molecular weight excluding hydrogens is 350 g/mol. The monoisotopic (exact) mass is 371 g/mol. The molecular formula is C21H22ClNO3. The first-order valence-corrected chi connectivity index (χ1v) is 9.47. The van der Waals surface area contributed by atoms with Gasteiger partial charge in [-0.1, -0.05) is 35.9 Å². The fraction of sp³-hybridized carbons (Fsp3) is 0.381. The number of ether oxygens (including phenoxy) is 2. The van der Waals surface area contributed by atoms with Crippen LogP contribution in [0.5, 0.6) is 11.5 Å². The van der Waals surface area contributed by atoms with Crippen molar-refractivity contribution in [1.29, 1.82) is 0 Å². The molecule has 2 unspecified atom stereocenters. The number of rotatable bonds is 3. The Morgan fingerprint density at radius 2 is 1.92 bits per heavy atom. The zero-order valence-electron chi connectivity index (χ0n) is 14.8. The second-order valence-electron chi connectivity index (χ2n) is 6.84. The zero-order valence-corrected chi connectivity index (χ0v) is 15.5. The lowest BCUT2D eigenvalue weighted by Gasteiger charge is -2.29. The number of nitrogens with zero attached hydrogens (tertiary/aromatic N) is 1. The van der Waals surface area contributed by atoms with E-state index in [-0.39, 0.29) is 17.9 Å². The van der Waals surface area contributed by atoms with Crippen LogP contribution in [0.2, 0.25) is 5.02 Å². The maximum absolute atomic E-state index is 13.2. The molecule has 0 N–H and O–H groups in total. The lowest BCUT2D eigenvalue weighted by molar-refractivity contribution is -0.133. The van der Waals surface area contributed by atoms with Crippen LogP contribution >= 0.6 is 11.6 Å². The van der Waals surface area contributed by atoms with Gasteiger partial charge >= 0.3 is 0 Å². The van der Waals surface area contributed by atoms with E-state index in [1.165, 1.54) is 0 Å². The van der Waals surface area contributed by atoms with Crippen LogP contribution in [0.25, 0.3) is 0 Å². The topological polar surface area (TPSA) is 38.8 Å². The van der Waals surface area contributed by atoms with Crippen molar-refractivity contribution in [3.63, 3.8) is 0 Å². The summed E-state index contributed by atoms with van der Waals surface area (Å²) in [6, 6.07) is 13.6. The molecule has 26 heavy (non-hydrogen) atoms. The van der Waals surface area contributed by atoms with Gasteiger partial charge in [-0.25, -0.2) is 0 Å². The van der Waals surface area contributed by atoms with Crippen molar-refractivity contribution in [2.45, 2.75) is 31.7 Å². The fourth-order valence-electron chi connectivity index (χ4n) is 3.82. The summed E-state index contributed by atoms with van der Waals surface area (Å²) in [5.41, 5.74) is 1.98. The third-order valence-corrected chi connectivity index (χ3v) is 5.58. The van der Waals surface area contributed by atoms with E-state index < -0.39 is 0 Å². The fourth-order valence-corrected chi connectivity index (χ4v) is 4.08. The van der Waals surface area contributed by atoms with Crippen LogP contribution in [-0.2, 0) is 4.79 Å². The summed E-state index contributed by atoms with van der Waals surface area (Å²) in [4.78, 5) is 15.2. The Hall–Kier alpha value is -2.20. The van der Waals surface area contributed by atoms with Gasteiger partial charge in [-0.15, -0.1) is 0 Å². The van der Waals surface area contributed by atoms with E-state index in [1.807, 2.05) is 54.3 Å². The third kappa shape index (κ3) is 3.14. The van der Waals surface area contributed by atoms with Crippen LogP contribution in [0.1, 0.15) is 42.9 Å². The van der Waals surface area contributed by atoms with Gasteiger partial charge in [-0.2, -0.15) is 0 Å². The van der Waals surface area contributed by atoms with Crippen LogP contribution in [0.4, 0.5) is 0 Å². The van der Waals surface area contributed by atoms with E-state index in [2.05, 4.69) is 0 Å². The van der Waals surface area contributed by atoms with E-state index >= 15 is 0 Å². The third-order valence-electron chi connectivity index (χ3n) is 5.24. The van der Waals surface area contributed by atoms with Crippen molar-refractivity contribution in [2.75, 3.05) is 19.8 Å². The standard InChI is InChI=1S/C21H22ClNO3/c1-14(15-8-9-19-20(13-15)26-12-11-25-19)21(24)23-10-4-7-18(23)16-5-2-3-6-17(16)22/h2-3,5-6,8-9,13-14,18H,4,7,10-12H2,1H3. The number of benzene rings is 2. The molecule has 0 aliphatic carbocycles. The average molecular weight is 372 g/mol. The number of halogens is 1. The number of hydrogen-bond donors (Lipinski definition) is 0. The lowest BCUT2D eigenvalue weighted by Crippen LogP contribution is -2.34. The van der Waals surface area contributed by atoms with Crippen molar-refractivity contribution in [3.05, 3.63) is 58.6 Å². The predicted octanol–water partition coefficient (Wildman–Crippen LogP) is 4.58. The highest BCUT2D eigenvalue weighted by Gasteiger charge is 2.34. The molecule has 5 heteroatoms. The van der Waals surface area contributed by atoms with Gasteiger partial charge in [0.1, 0.15) is 13.2 Å². The van der Waals surface area contributed by atoms with Crippen LogP contribution in [0.15, 0.2) is 42.5 Å². The molecule has 1 amide bonds. The first-order valence-electron chi connectivity index (χ1n) is 9.09. The molecule has 1 fully saturated rings. The number of likely N-dealkylation sites (tertiary alicyclic amines) is 1. The SMILES string of the molecule is CC(C(=O)N1CCCC1c1ccccc1Cl)c1ccc2c(c1)OCCO2. The summed E-state index contributed by atoms with van der Waals surface area (Å²) in [7, 11) is 0. The molecule has 0 bridgehead atoms. The molecule has 0 aromatic heterocycles. The number of fused-ring (bicyclic) bond motifs is 1. The Bertz CT molecular complexity index is 823. The highest BCUT2D eigenvalue weighted by Crippen LogP contribution is 2.39. The normalized spacial score (nSPS) is 20.1. The van der Waals surface area contributed by atoms with Crippen molar-refractivity contribution >= 4 is 17.5 Å². The molecule has 0 radical (unpaired) electrons. The minimum absolute atomic E-state index is 0.0517.